The van der Waals surface area contributed by atoms with Gasteiger partial charge in [0.25, 0.3) is 0 Å². The molecule has 0 N–H and O–H groups in total. The van der Waals surface area contributed by atoms with Gasteiger partial charge < -0.3 is 0 Å². The molecule has 0 heterocycles. The van der Waals surface area contributed by atoms with Crippen LogP contribution in [-0.4, -0.2) is 18.0 Å². The van der Waals surface area contributed by atoms with Gasteiger partial charge in [0.05, 0.1) is 12.0 Å². The predicted molar refractivity (Wildman–Crippen MR) is 62.1 cm³/mol. The maximum absolute atomic E-state index is 13.4. The zero-order chi connectivity index (χ0) is 12.0. The molecule has 0 saturated heterocycles. The Kier molecular flexibility index (Phi) is 4.94. The first-order valence-electron chi connectivity index (χ1n) is 5.52. The van der Waals surface area contributed by atoms with Crippen molar-refractivity contribution >= 4 is 0 Å². The standard InChI is InChI=1S/C13H17FN2/c1-3-16(9-11(2)8-15)10-12-6-4-5-7-13(12)14/h4-7,11H,3,9-10H2,1-2H3. The van der Waals surface area contributed by atoms with Crippen LogP contribution >= 0.6 is 0 Å². The van der Waals surface area contributed by atoms with Crippen molar-refractivity contribution in [3.05, 3.63) is 35.6 Å². The van der Waals surface area contributed by atoms with E-state index in [9.17, 15) is 4.39 Å². The third-order valence-electron chi connectivity index (χ3n) is 2.55. The van der Waals surface area contributed by atoms with E-state index in [1.54, 1.807) is 12.1 Å². The molecule has 0 spiro atoms. The highest BCUT2D eigenvalue weighted by molar-refractivity contribution is 5.17. The Labute approximate surface area is 96.3 Å². The molecule has 0 bridgehead atoms. The van der Waals surface area contributed by atoms with Crippen molar-refractivity contribution < 1.29 is 4.39 Å². The highest BCUT2D eigenvalue weighted by atomic mass is 19.1. The van der Waals surface area contributed by atoms with E-state index < -0.39 is 0 Å². The van der Waals surface area contributed by atoms with Crippen molar-refractivity contribution in [3.8, 4) is 6.07 Å². The zero-order valence-electron chi connectivity index (χ0n) is 9.78. The molecule has 0 fully saturated rings. The average Bonchev–Trinajstić information content (AvgIpc) is 2.30. The minimum absolute atomic E-state index is 0.0216. The molecule has 0 radical (unpaired) electrons. The van der Waals surface area contributed by atoms with Gasteiger partial charge in [0.1, 0.15) is 5.82 Å². The van der Waals surface area contributed by atoms with Crippen molar-refractivity contribution in [2.45, 2.75) is 20.4 Å². The first-order chi connectivity index (χ1) is 7.67. The lowest BCUT2D eigenvalue weighted by molar-refractivity contribution is 0.257. The van der Waals surface area contributed by atoms with Crippen LogP contribution in [0.3, 0.4) is 0 Å². The van der Waals surface area contributed by atoms with E-state index in [1.165, 1.54) is 6.07 Å². The summed E-state index contributed by atoms with van der Waals surface area (Å²) in [5.41, 5.74) is 0.689. The highest BCUT2D eigenvalue weighted by Gasteiger charge is 2.10. The summed E-state index contributed by atoms with van der Waals surface area (Å²) in [7, 11) is 0. The van der Waals surface area contributed by atoms with Crippen molar-refractivity contribution in [1.82, 2.24) is 4.90 Å². The second kappa shape index (κ2) is 6.24. The molecule has 0 aliphatic rings. The molecule has 2 nitrogen and oxygen atoms in total. The second-order valence-electron chi connectivity index (χ2n) is 3.95. The van der Waals surface area contributed by atoms with Crippen LogP contribution < -0.4 is 0 Å². The summed E-state index contributed by atoms with van der Waals surface area (Å²) in [6.45, 7) is 5.96. The van der Waals surface area contributed by atoms with Gasteiger partial charge in [0.15, 0.2) is 0 Å². The Bertz CT molecular complexity index is 370. The van der Waals surface area contributed by atoms with E-state index >= 15 is 0 Å². The van der Waals surface area contributed by atoms with Crippen molar-refractivity contribution in [2.75, 3.05) is 13.1 Å². The maximum atomic E-state index is 13.4. The summed E-state index contributed by atoms with van der Waals surface area (Å²) in [4.78, 5) is 2.08. The summed E-state index contributed by atoms with van der Waals surface area (Å²) in [6.07, 6.45) is 0. The third-order valence-corrected chi connectivity index (χ3v) is 2.55. The Morgan fingerprint density at radius 1 is 1.44 bits per heavy atom. The highest BCUT2D eigenvalue weighted by Crippen LogP contribution is 2.10. The van der Waals surface area contributed by atoms with Gasteiger partial charge in [-0.15, -0.1) is 0 Å². The normalized spacial score (nSPS) is 12.4. The molecule has 3 heteroatoms. The summed E-state index contributed by atoms with van der Waals surface area (Å²) in [5, 5.41) is 8.75. The van der Waals surface area contributed by atoms with Crippen LogP contribution in [0.2, 0.25) is 0 Å². The van der Waals surface area contributed by atoms with E-state index in [0.717, 1.165) is 6.54 Å². The van der Waals surface area contributed by atoms with E-state index in [0.29, 0.717) is 18.7 Å². The molecule has 16 heavy (non-hydrogen) atoms. The lowest BCUT2D eigenvalue weighted by Gasteiger charge is -2.21. The largest absolute Gasteiger partial charge is 0.298 e. The smallest absolute Gasteiger partial charge is 0.127 e. The SMILES string of the molecule is CCN(Cc1ccccc1F)CC(C)C#N. The Morgan fingerprint density at radius 3 is 2.69 bits per heavy atom. The van der Waals surface area contributed by atoms with Crippen LogP contribution in [0.5, 0.6) is 0 Å². The minimum Gasteiger partial charge on any atom is -0.298 e. The molecule has 0 aliphatic heterocycles. The van der Waals surface area contributed by atoms with Gasteiger partial charge in [-0.3, -0.25) is 4.90 Å². The van der Waals surface area contributed by atoms with E-state index in [2.05, 4.69) is 11.0 Å². The van der Waals surface area contributed by atoms with E-state index in [4.69, 9.17) is 5.26 Å². The Hall–Kier alpha value is -1.40. The van der Waals surface area contributed by atoms with Crippen LogP contribution in [0.4, 0.5) is 4.39 Å². The molecule has 0 amide bonds. The van der Waals surface area contributed by atoms with E-state index in [-0.39, 0.29) is 11.7 Å². The van der Waals surface area contributed by atoms with Gasteiger partial charge in [-0.2, -0.15) is 5.26 Å². The van der Waals surface area contributed by atoms with Crippen LogP contribution in [-0.2, 0) is 6.54 Å². The fourth-order valence-electron chi connectivity index (χ4n) is 1.60. The molecular formula is C13H17FN2. The predicted octanol–water partition coefficient (Wildman–Crippen LogP) is 2.81. The Morgan fingerprint density at radius 2 is 2.12 bits per heavy atom. The zero-order valence-corrected chi connectivity index (χ0v) is 9.78. The van der Waals surface area contributed by atoms with Crippen molar-refractivity contribution in [1.29, 1.82) is 5.26 Å². The fourth-order valence-corrected chi connectivity index (χ4v) is 1.60. The number of nitriles is 1. The summed E-state index contributed by atoms with van der Waals surface area (Å²) < 4.78 is 13.4. The second-order valence-corrected chi connectivity index (χ2v) is 3.95. The number of hydrogen-bond acceptors (Lipinski definition) is 2. The van der Waals surface area contributed by atoms with Gasteiger partial charge in [-0.05, 0) is 19.5 Å². The summed E-state index contributed by atoms with van der Waals surface area (Å²) >= 11 is 0. The van der Waals surface area contributed by atoms with Gasteiger partial charge in [-0.1, -0.05) is 25.1 Å². The molecule has 0 aromatic heterocycles. The molecule has 1 atom stereocenters. The molecular weight excluding hydrogens is 203 g/mol. The van der Waals surface area contributed by atoms with Crippen LogP contribution in [0, 0.1) is 23.1 Å². The van der Waals surface area contributed by atoms with Gasteiger partial charge in [0, 0.05) is 18.7 Å². The topological polar surface area (TPSA) is 27.0 Å². The van der Waals surface area contributed by atoms with E-state index in [1.807, 2.05) is 19.9 Å². The number of hydrogen-bond donors (Lipinski definition) is 0. The van der Waals surface area contributed by atoms with Gasteiger partial charge >= 0.3 is 0 Å². The quantitative estimate of drug-likeness (QED) is 0.763. The minimum atomic E-state index is -0.175. The molecule has 0 aliphatic carbocycles. The van der Waals surface area contributed by atoms with Crippen LogP contribution in [0.25, 0.3) is 0 Å². The van der Waals surface area contributed by atoms with Crippen molar-refractivity contribution in [2.24, 2.45) is 5.92 Å². The summed E-state index contributed by atoms with van der Waals surface area (Å²) in [5.74, 6) is -0.197. The molecule has 1 aromatic carbocycles. The molecule has 1 rings (SSSR count). The molecule has 1 unspecified atom stereocenters. The molecule has 0 saturated carbocycles. The number of benzene rings is 1. The van der Waals surface area contributed by atoms with Gasteiger partial charge in [-0.25, -0.2) is 4.39 Å². The first-order valence-corrected chi connectivity index (χ1v) is 5.52. The molecule has 1 aromatic rings. The summed E-state index contributed by atoms with van der Waals surface area (Å²) in [6, 6.07) is 8.97. The average molecular weight is 220 g/mol. The van der Waals surface area contributed by atoms with Crippen molar-refractivity contribution in [3.63, 3.8) is 0 Å². The maximum Gasteiger partial charge on any atom is 0.127 e. The molecule has 86 valence electrons. The third kappa shape index (κ3) is 3.63. The fraction of sp³-hybridized carbons (Fsp3) is 0.462. The monoisotopic (exact) mass is 220 g/mol. The number of nitrogens with zero attached hydrogens (tertiary/aromatic N) is 2. The number of halogens is 1. The van der Waals surface area contributed by atoms with Crippen LogP contribution in [0.15, 0.2) is 24.3 Å². The van der Waals surface area contributed by atoms with Gasteiger partial charge in [0.2, 0.25) is 0 Å². The number of rotatable bonds is 5. The lowest BCUT2D eigenvalue weighted by atomic mass is 10.1. The van der Waals surface area contributed by atoms with Crippen LogP contribution in [0.1, 0.15) is 19.4 Å². The first kappa shape index (κ1) is 12.7. The lowest BCUT2D eigenvalue weighted by Crippen LogP contribution is -2.27. The Balaban J connectivity index is 2.64.